The molecule has 9 heteroatoms. The minimum absolute atomic E-state index is 0.104. The molecule has 0 atom stereocenters. The first-order valence-corrected chi connectivity index (χ1v) is 10.1. The number of pyridine rings is 1. The van der Waals surface area contributed by atoms with E-state index >= 15 is 0 Å². The maximum atomic E-state index is 12.6. The Morgan fingerprint density at radius 1 is 1.17 bits per heavy atom. The quantitative estimate of drug-likeness (QED) is 0.803. The average molecular weight is 392 g/mol. The Morgan fingerprint density at radius 2 is 1.91 bits per heavy atom. The van der Waals surface area contributed by atoms with Gasteiger partial charge in [0.1, 0.15) is 9.23 Å². The van der Waals surface area contributed by atoms with E-state index in [9.17, 15) is 8.42 Å². The molecule has 0 amide bonds. The molecule has 1 aliphatic rings. The number of hydrogen-bond acceptors (Lipinski definition) is 5. The van der Waals surface area contributed by atoms with E-state index in [0.29, 0.717) is 30.5 Å². The predicted molar refractivity (Wildman–Crippen MR) is 92.6 cm³/mol. The molecule has 1 aliphatic heterocycles. The highest BCUT2D eigenvalue weighted by molar-refractivity contribution is 7.89. The van der Waals surface area contributed by atoms with E-state index in [-0.39, 0.29) is 9.23 Å². The Kier molecular flexibility index (Phi) is 5.25. The fraction of sp³-hybridized carbons (Fsp3) is 0.357. The molecular formula is C14H15Cl2N3O2S2. The summed E-state index contributed by atoms with van der Waals surface area (Å²) in [6.45, 7) is 2.90. The lowest BCUT2D eigenvalue weighted by Crippen LogP contribution is -2.48. The average Bonchev–Trinajstić information content (AvgIpc) is 2.88. The van der Waals surface area contributed by atoms with Gasteiger partial charge in [-0.3, -0.25) is 9.88 Å². The van der Waals surface area contributed by atoms with E-state index in [4.69, 9.17) is 23.2 Å². The van der Waals surface area contributed by atoms with E-state index in [1.54, 1.807) is 6.20 Å². The minimum atomic E-state index is -3.58. The highest BCUT2D eigenvalue weighted by atomic mass is 35.5. The lowest BCUT2D eigenvalue weighted by atomic mass is 10.3. The number of sulfonamides is 1. The van der Waals surface area contributed by atoms with Crippen molar-refractivity contribution in [2.24, 2.45) is 0 Å². The Morgan fingerprint density at radius 3 is 2.48 bits per heavy atom. The third-order valence-electron chi connectivity index (χ3n) is 3.69. The largest absolute Gasteiger partial charge is 0.295 e. The number of rotatable bonds is 4. The molecule has 0 aromatic carbocycles. The van der Waals surface area contributed by atoms with Crippen LogP contribution in [0.25, 0.3) is 0 Å². The van der Waals surface area contributed by atoms with E-state index in [1.807, 2.05) is 18.2 Å². The Bertz CT molecular complexity index is 773. The molecule has 0 spiro atoms. The van der Waals surface area contributed by atoms with Gasteiger partial charge in [-0.2, -0.15) is 4.31 Å². The van der Waals surface area contributed by atoms with Gasteiger partial charge in [-0.25, -0.2) is 8.42 Å². The van der Waals surface area contributed by atoms with Crippen LogP contribution >= 0.6 is 34.5 Å². The van der Waals surface area contributed by atoms with Gasteiger partial charge >= 0.3 is 0 Å². The summed E-state index contributed by atoms with van der Waals surface area (Å²) in [5, 5.41) is 0. The third kappa shape index (κ3) is 3.87. The first-order valence-electron chi connectivity index (χ1n) is 7.04. The normalized spacial score (nSPS) is 17.5. The fourth-order valence-corrected chi connectivity index (χ4v) is 6.02. The summed E-state index contributed by atoms with van der Waals surface area (Å²) in [5.74, 6) is 0. The smallest absolute Gasteiger partial charge is 0.245 e. The van der Waals surface area contributed by atoms with Crippen molar-refractivity contribution in [3.05, 3.63) is 44.8 Å². The van der Waals surface area contributed by atoms with Gasteiger partial charge < -0.3 is 0 Å². The second-order valence-corrected chi connectivity index (χ2v) is 9.38. The molecular weight excluding hydrogens is 377 g/mol. The summed E-state index contributed by atoms with van der Waals surface area (Å²) in [6, 6.07) is 7.22. The van der Waals surface area contributed by atoms with E-state index in [2.05, 4.69) is 9.88 Å². The van der Waals surface area contributed by atoms with Crippen molar-refractivity contribution in [2.45, 2.75) is 11.4 Å². The minimum Gasteiger partial charge on any atom is -0.295 e. The van der Waals surface area contributed by atoms with Crippen molar-refractivity contribution >= 4 is 44.6 Å². The number of hydrogen-bond donors (Lipinski definition) is 0. The molecule has 0 unspecified atom stereocenters. The molecule has 0 saturated carbocycles. The topological polar surface area (TPSA) is 53.5 Å². The van der Waals surface area contributed by atoms with Gasteiger partial charge in [0.25, 0.3) is 0 Å². The first-order chi connectivity index (χ1) is 11.0. The summed E-state index contributed by atoms with van der Waals surface area (Å²) in [5.41, 5.74) is 0.983. The Hall–Kier alpha value is -0.700. The highest BCUT2D eigenvalue weighted by Gasteiger charge is 2.31. The molecule has 5 nitrogen and oxygen atoms in total. The zero-order chi connectivity index (χ0) is 16.4. The first kappa shape index (κ1) is 17.1. The summed E-state index contributed by atoms with van der Waals surface area (Å²) < 4.78 is 27.3. The van der Waals surface area contributed by atoms with Crippen LogP contribution in [0, 0.1) is 0 Å². The number of thiophene rings is 1. The number of halogens is 2. The van der Waals surface area contributed by atoms with E-state index < -0.39 is 10.0 Å². The maximum Gasteiger partial charge on any atom is 0.245 e. The molecule has 0 N–H and O–H groups in total. The third-order valence-corrected chi connectivity index (χ3v) is 7.34. The Balaban J connectivity index is 1.65. The number of piperazine rings is 1. The van der Waals surface area contributed by atoms with Crippen molar-refractivity contribution in [1.82, 2.24) is 14.2 Å². The summed E-state index contributed by atoms with van der Waals surface area (Å²) in [4.78, 5) is 6.59. The van der Waals surface area contributed by atoms with Gasteiger partial charge in [0.2, 0.25) is 10.0 Å². The van der Waals surface area contributed by atoms with Crippen LogP contribution in [-0.2, 0) is 16.6 Å². The van der Waals surface area contributed by atoms with Crippen LogP contribution in [0.2, 0.25) is 8.67 Å². The van der Waals surface area contributed by atoms with Crippen LogP contribution in [0.5, 0.6) is 0 Å². The summed E-state index contributed by atoms with van der Waals surface area (Å²) >= 11 is 12.9. The monoisotopic (exact) mass is 391 g/mol. The van der Waals surface area contributed by atoms with Crippen molar-refractivity contribution in [2.75, 3.05) is 26.2 Å². The molecule has 23 heavy (non-hydrogen) atoms. The van der Waals surface area contributed by atoms with E-state index in [0.717, 1.165) is 23.6 Å². The maximum absolute atomic E-state index is 12.6. The highest BCUT2D eigenvalue weighted by Crippen LogP contribution is 2.36. The van der Waals surface area contributed by atoms with Crippen molar-refractivity contribution in [3.63, 3.8) is 0 Å². The molecule has 0 bridgehead atoms. The standard InChI is InChI=1S/C14H15Cl2N3O2S2/c15-13-9-12(14(16)22-13)23(20,21)19-7-5-18(6-8-19)10-11-3-1-2-4-17-11/h1-4,9H,5-8,10H2. The van der Waals surface area contributed by atoms with Gasteiger partial charge in [0, 0.05) is 38.9 Å². The molecule has 2 aromatic rings. The van der Waals surface area contributed by atoms with Gasteiger partial charge in [-0.05, 0) is 18.2 Å². The van der Waals surface area contributed by atoms with Crippen LogP contribution < -0.4 is 0 Å². The van der Waals surface area contributed by atoms with Crippen LogP contribution in [0.3, 0.4) is 0 Å². The Labute approximate surface area is 149 Å². The van der Waals surface area contributed by atoms with Crippen LogP contribution in [0.15, 0.2) is 35.4 Å². The zero-order valence-corrected chi connectivity index (χ0v) is 15.3. The van der Waals surface area contributed by atoms with Gasteiger partial charge in [0.15, 0.2) is 0 Å². The second-order valence-electron chi connectivity index (χ2n) is 5.19. The van der Waals surface area contributed by atoms with Gasteiger partial charge in [0.05, 0.1) is 10.0 Å². The zero-order valence-electron chi connectivity index (χ0n) is 12.2. The van der Waals surface area contributed by atoms with Crippen LogP contribution in [-0.4, -0.2) is 48.8 Å². The SMILES string of the molecule is O=S(=O)(c1cc(Cl)sc1Cl)N1CCN(Cc2ccccn2)CC1. The van der Waals surface area contributed by atoms with E-state index in [1.165, 1.54) is 10.4 Å². The lowest BCUT2D eigenvalue weighted by molar-refractivity contribution is 0.180. The molecule has 3 rings (SSSR count). The van der Waals surface area contributed by atoms with Crippen molar-refractivity contribution < 1.29 is 8.42 Å². The molecule has 1 saturated heterocycles. The molecule has 0 aliphatic carbocycles. The van der Waals surface area contributed by atoms with Crippen LogP contribution in [0.4, 0.5) is 0 Å². The summed E-state index contributed by atoms with van der Waals surface area (Å²) in [6.07, 6.45) is 1.76. The molecule has 1 fully saturated rings. The van der Waals surface area contributed by atoms with Crippen molar-refractivity contribution in [3.8, 4) is 0 Å². The molecule has 2 aromatic heterocycles. The van der Waals surface area contributed by atoms with Crippen LogP contribution in [0.1, 0.15) is 5.69 Å². The molecule has 3 heterocycles. The number of nitrogens with zero attached hydrogens (tertiary/aromatic N) is 3. The second kappa shape index (κ2) is 7.04. The summed E-state index contributed by atoms with van der Waals surface area (Å²) in [7, 11) is -3.58. The van der Waals surface area contributed by atoms with Crippen molar-refractivity contribution in [1.29, 1.82) is 0 Å². The lowest BCUT2D eigenvalue weighted by Gasteiger charge is -2.33. The fourth-order valence-electron chi connectivity index (χ4n) is 2.49. The molecule has 124 valence electrons. The van der Waals surface area contributed by atoms with Gasteiger partial charge in [-0.1, -0.05) is 29.3 Å². The molecule has 0 radical (unpaired) electrons. The van der Waals surface area contributed by atoms with Gasteiger partial charge in [-0.15, -0.1) is 11.3 Å². The predicted octanol–water partition coefficient (Wildman–Crippen LogP) is 2.96. The number of aromatic nitrogens is 1.